The topological polar surface area (TPSA) is 34.1 Å². The van der Waals surface area contributed by atoms with Gasteiger partial charge in [-0.2, -0.15) is 0 Å². The molecular formula is C15H11FO2S. The van der Waals surface area contributed by atoms with Crippen LogP contribution >= 0.6 is 0 Å². The van der Waals surface area contributed by atoms with Gasteiger partial charge >= 0.3 is 0 Å². The maximum absolute atomic E-state index is 13.8. The quantitative estimate of drug-likeness (QED) is 0.789. The van der Waals surface area contributed by atoms with Crippen LogP contribution < -0.4 is 0 Å². The molecule has 0 amide bonds. The fourth-order valence-electron chi connectivity index (χ4n) is 1.73. The van der Waals surface area contributed by atoms with Gasteiger partial charge in [0.1, 0.15) is 5.82 Å². The average molecular weight is 274 g/mol. The molecule has 0 heterocycles. The van der Waals surface area contributed by atoms with Crippen molar-refractivity contribution >= 4 is 9.84 Å². The zero-order valence-electron chi connectivity index (χ0n) is 10.2. The third-order valence-corrected chi connectivity index (χ3v) is 3.82. The van der Waals surface area contributed by atoms with Gasteiger partial charge in [-0.25, -0.2) is 12.8 Å². The molecule has 2 aromatic rings. The highest BCUT2D eigenvalue weighted by Gasteiger charge is 2.11. The molecule has 19 heavy (non-hydrogen) atoms. The van der Waals surface area contributed by atoms with Gasteiger partial charge in [0.05, 0.1) is 4.90 Å². The minimum atomic E-state index is -3.32. The summed E-state index contributed by atoms with van der Waals surface area (Å²) in [6, 6.07) is 10.4. The molecule has 2 rings (SSSR count). The second kappa shape index (κ2) is 4.87. The Kier molecular flexibility index (Phi) is 3.41. The van der Waals surface area contributed by atoms with Crippen molar-refractivity contribution in [2.45, 2.75) is 4.90 Å². The fourth-order valence-corrected chi connectivity index (χ4v) is 2.40. The highest BCUT2D eigenvalue weighted by atomic mass is 32.2. The van der Waals surface area contributed by atoms with Gasteiger partial charge in [0.15, 0.2) is 9.84 Å². The van der Waals surface area contributed by atoms with Crippen LogP contribution in [-0.2, 0) is 9.84 Å². The summed E-state index contributed by atoms with van der Waals surface area (Å²) in [6.07, 6.45) is 6.39. The summed E-state index contributed by atoms with van der Waals surface area (Å²) in [4.78, 5) is 0.149. The van der Waals surface area contributed by atoms with Gasteiger partial charge in [-0.3, -0.25) is 0 Å². The SMILES string of the molecule is C#Cc1ccc(F)c(-c2cccc(S(C)(=O)=O)c2)c1. The van der Waals surface area contributed by atoms with Gasteiger partial charge in [0, 0.05) is 17.4 Å². The van der Waals surface area contributed by atoms with Crippen LogP contribution in [0.1, 0.15) is 5.56 Å². The van der Waals surface area contributed by atoms with Crippen LogP contribution in [0.2, 0.25) is 0 Å². The molecular weight excluding hydrogens is 263 g/mol. The first-order valence-electron chi connectivity index (χ1n) is 5.48. The van der Waals surface area contributed by atoms with E-state index >= 15 is 0 Å². The molecule has 0 bridgehead atoms. The lowest BCUT2D eigenvalue weighted by Crippen LogP contribution is -1.97. The largest absolute Gasteiger partial charge is 0.224 e. The smallest absolute Gasteiger partial charge is 0.175 e. The summed E-state index contributed by atoms with van der Waals surface area (Å²) < 4.78 is 36.8. The monoisotopic (exact) mass is 274 g/mol. The summed E-state index contributed by atoms with van der Waals surface area (Å²) in [5.41, 5.74) is 1.32. The molecule has 0 fully saturated rings. The van der Waals surface area contributed by atoms with E-state index in [1.54, 1.807) is 12.1 Å². The Hall–Kier alpha value is -2.12. The molecule has 0 aliphatic carbocycles. The molecule has 0 unspecified atom stereocenters. The standard InChI is InChI=1S/C15H11FO2S/c1-3-11-7-8-15(16)14(9-11)12-5-4-6-13(10-12)19(2,17)18/h1,4-10H,2H3. The number of hydrogen-bond acceptors (Lipinski definition) is 2. The first-order valence-corrected chi connectivity index (χ1v) is 7.37. The first-order chi connectivity index (χ1) is 8.91. The van der Waals surface area contributed by atoms with Gasteiger partial charge < -0.3 is 0 Å². The Morgan fingerprint density at radius 3 is 2.53 bits per heavy atom. The molecule has 0 radical (unpaired) electrons. The van der Waals surface area contributed by atoms with Crippen LogP contribution in [0.5, 0.6) is 0 Å². The summed E-state index contributed by atoms with van der Waals surface area (Å²) in [7, 11) is -3.32. The van der Waals surface area contributed by atoms with Crippen molar-refractivity contribution in [1.82, 2.24) is 0 Å². The van der Waals surface area contributed by atoms with E-state index in [9.17, 15) is 12.8 Å². The van der Waals surface area contributed by atoms with Crippen LogP contribution in [0.3, 0.4) is 0 Å². The lowest BCUT2D eigenvalue weighted by Gasteiger charge is -2.06. The Labute approximate surface area is 111 Å². The van der Waals surface area contributed by atoms with E-state index in [1.165, 1.54) is 30.3 Å². The number of rotatable bonds is 2. The molecule has 4 heteroatoms. The van der Waals surface area contributed by atoms with Gasteiger partial charge in [-0.1, -0.05) is 18.1 Å². The molecule has 2 aromatic carbocycles. The zero-order chi connectivity index (χ0) is 14.0. The second-order valence-electron chi connectivity index (χ2n) is 4.14. The summed E-state index contributed by atoms with van der Waals surface area (Å²) in [5.74, 6) is 1.98. The number of halogens is 1. The number of terminal acetylenes is 1. The summed E-state index contributed by atoms with van der Waals surface area (Å²) in [5, 5.41) is 0. The number of hydrogen-bond donors (Lipinski definition) is 0. The first kappa shape index (κ1) is 13.3. The lowest BCUT2D eigenvalue weighted by atomic mass is 10.0. The predicted octanol–water partition coefficient (Wildman–Crippen LogP) is 2.88. The van der Waals surface area contributed by atoms with Crippen molar-refractivity contribution in [2.75, 3.05) is 6.26 Å². The number of benzene rings is 2. The van der Waals surface area contributed by atoms with Gasteiger partial charge in [-0.05, 0) is 35.9 Å². The van der Waals surface area contributed by atoms with Crippen LogP contribution in [0.15, 0.2) is 47.4 Å². The van der Waals surface area contributed by atoms with Crippen molar-refractivity contribution in [3.05, 3.63) is 53.8 Å². The molecule has 0 spiro atoms. The molecule has 0 saturated carbocycles. The molecule has 0 aliphatic rings. The normalized spacial score (nSPS) is 11.0. The molecule has 0 saturated heterocycles. The number of sulfone groups is 1. The van der Waals surface area contributed by atoms with Crippen LogP contribution in [-0.4, -0.2) is 14.7 Å². The highest BCUT2D eigenvalue weighted by Crippen LogP contribution is 2.26. The highest BCUT2D eigenvalue weighted by molar-refractivity contribution is 7.90. The third kappa shape index (κ3) is 2.83. The van der Waals surface area contributed by atoms with E-state index in [4.69, 9.17) is 6.42 Å². The van der Waals surface area contributed by atoms with E-state index < -0.39 is 15.7 Å². The van der Waals surface area contributed by atoms with E-state index in [0.717, 1.165) is 6.26 Å². The van der Waals surface area contributed by atoms with Crippen molar-refractivity contribution < 1.29 is 12.8 Å². The average Bonchev–Trinajstić information content (AvgIpc) is 2.38. The predicted molar refractivity (Wildman–Crippen MR) is 72.9 cm³/mol. The third-order valence-electron chi connectivity index (χ3n) is 2.71. The van der Waals surface area contributed by atoms with E-state index in [0.29, 0.717) is 16.7 Å². The second-order valence-corrected chi connectivity index (χ2v) is 6.15. The zero-order valence-corrected chi connectivity index (χ0v) is 11.0. The Bertz CT molecular complexity index is 771. The van der Waals surface area contributed by atoms with Gasteiger partial charge in [0.25, 0.3) is 0 Å². The van der Waals surface area contributed by atoms with E-state index in [1.807, 2.05) is 0 Å². The van der Waals surface area contributed by atoms with Crippen molar-refractivity contribution in [3.63, 3.8) is 0 Å². The van der Waals surface area contributed by atoms with Crippen molar-refractivity contribution in [2.24, 2.45) is 0 Å². The van der Waals surface area contributed by atoms with Crippen LogP contribution in [0.25, 0.3) is 11.1 Å². The minimum Gasteiger partial charge on any atom is -0.224 e. The van der Waals surface area contributed by atoms with Crippen LogP contribution in [0.4, 0.5) is 4.39 Å². The summed E-state index contributed by atoms with van der Waals surface area (Å²) in [6.45, 7) is 0. The maximum Gasteiger partial charge on any atom is 0.175 e. The molecule has 0 aliphatic heterocycles. The van der Waals surface area contributed by atoms with Crippen molar-refractivity contribution in [3.8, 4) is 23.5 Å². The van der Waals surface area contributed by atoms with Crippen molar-refractivity contribution in [1.29, 1.82) is 0 Å². The van der Waals surface area contributed by atoms with Crippen LogP contribution in [0, 0.1) is 18.2 Å². The molecule has 0 N–H and O–H groups in total. The Morgan fingerprint density at radius 2 is 1.89 bits per heavy atom. The lowest BCUT2D eigenvalue weighted by molar-refractivity contribution is 0.602. The van der Waals surface area contributed by atoms with Gasteiger partial charge in [-0.15, -0.1) is 6.42 Å². The van der Waals surface area contributed by atoms with E-state index in [-0.39, 0.29) is 4.90 Å². The molecule has 0 aromatic heterocycles. The van der Waals surface area contributed by atoms with E-state index in [2.05, 4.69) is 5.92 Å². The Morgan fingerprint density at radius 1 is 1.16 bits per heavy atom. The molecule has 96 valence electrons. The molecule has 0 atom stereocenters. The maximum atomic E-state index is 13.8. The Balaban J connectivity index is 2.63. The fraction of sp³-hybridized carbons (Fsp3) is 0.0667. The summed E-state index contributed by atoms with van der Waals surface area (Å²) >= 11 is 0. The van der Waals surface area contributed by atoms with Gasteiger partial charge in [0.2, 0.25) is 0 Å². The minimum absolute atomic E-state index is 0.149. The molecule has 2 nitrogen and oxygen atoms in total.